The molecule has 0 unspecified atom stereocenters. The first-order valence-corrected chi connectivity index (χ1v) is 8.38. The summed E-state index contributed by atoms with van der Waals surface area (Å²) >= 11 is 0. The first kappa shape index (κ1) is 17.5. The zero-order chi connectivity index (χ0) is 18.4. The normalized spacial score (nSPS) is 16.3. The van der Waals surface area contributed by atoms with Gasteiger partial charge in [0.05, 0.1) is 18.7 Å². The molecule has 2 aromatic rings. The van der Waals surface area contributed by atoms with Gasteiger partial charge in [-0.2, -0.15) is 0 Å². The summed E-state index contributed by atoms with van der Waals surface area (Å²) in [6.07, 6.45) is -0.0113. The Morgan fingerprint density at radius 3 is 2.69 bits per heavy atom. The largest absolute Gasteiger partial charge is 0.492 e. The molecule has 2 amide bonds. The SMILES string of the molecule is CCOc1ccccc1NC(=O)[C@H]1CC(=O)NC(Nc2ccccc2)=N1. The molecule has 1 heterocycles. The fraction of sp³-hybridized carbons (Fsp3) is 0.211. The summed E-state index contributed by atoms with van der Waals surface area (Å²) in [7, 11) is 0. The van der Waals surface area contributed by atoms with Crippen LogP contribution in [0.25, 0.3) is 0 Å². The molecule has 7 heteroatoms. The number of rotatable bonds is 5. The lowest BCUT2D eigenvalue weighted by molar-refractivity contribution is -0.124. The zero-order valence-corrected chi connectivity index (χ0v) is 14.4. The van der Waals surface area contributed by atoms with Crippen LogP contribution in [0.1, 0.15) is 13.3 Å². The molecule has 3 rings (SSSR count). The molecule has 0 saturated heterocycles. The molecule has 1 atom stereocenters. The molecule has 0 aromatic heterocycles. The van der Waals surface area contributed by atoms with Gasteiger partial charge in [0.1, 0.15) is 11.8 Å². The van der Waals surface area contributed by atoms with Crippen LogP contribution in [0.5, 0.6) is 5.75 Å². The van der Waals surface area contributed by atoms with E-state index < -0.39 is 6.04 Å². The van der Waals surface area contributed by atoms with Crippen molar-refractivity contribution >= 4 is 29.1 Å². The number of aliphatic imine (C=N–C) groups is 1. The van der Waals surface area contributed by atoms with Crippen molar-refractivity contribution in [3.05, 3.63) is 54.6 Å². The van der Waals surface area contributed by atoms with Crippen molar-refractivity contribution in [1.82, 2.24) is 5.32 Å². The van der Waals surface area contributed by atoms with Crippen LogP contribution in [0.15, 0.2) is 59.6 Å². The van der Waals surface area contributed by atoms with Gasteiger partial charge in [0.25, 0.3) is 0 Å². The van der Waals surface area contributed by atoms with Gasteiger partial charge < -0.3 is 15.4 Å². The van der Waals surface area contributed by atoms with Gasteiger partial charge >= 0.3 is 0 Å². The number of hydrogen-bond donors (Lipinski definition) is 3. The van der Waals surface area contributed by atoms with Crippen molar-refractivity contribution < 1.29 is 14.3 Å². The van der Waals surface area contributed by atoms with Gasteiger partial charge in [-0.1, -0.05) is 30.3 Å². The lowest BCUT2D eigenvalue weighted by Gasteiger charge is -2.21. The Morgan fingerprint density at radius 2 is 1.92 bits per heavy atom. The lowest BCUT2D eigenvalue weighted by Crippen LogP contribution is -2.45. The van der Waals surface area contributed by atoms with E-state index >= 15 is 0 Å². The molecule has 0 fully saturated rings. The van der Waals surface area contributed by atoms with Crippen molar-refractivity contribution in [1.29, 1.82) is 0 Å². The average Bonchev–Trinajstić information content (AvgIpc) is 2.64. The minimum Gasteiger partial charge on any atom is -0.492 e. The number of nitrogens with one attached hydrogen (secondary N) is 3. The Morgan fingerprint density at radius 1 is 1.19 bits per heavy atom. The van der Waals surface area contributed by atoms with Gasteiger partial charge in [-0.05, 0) is 31.2 Å². The highest BCUT2D eigenvalue weighted by Crippen LogP contribution is 2.24. The van der Waals surface area contributed by atoms with Gasteiger partial charge in [-0.25, -0.2) is 4.99 Å². The number of para-hydroxylation sites is 3. The summed E-state index contributed by atoms with van der Waals surface area (Å²) in [5.74, 6) is 0.206. The predicted molar refractivity (Wildman–Crippen MR) is 100 cm³/mol. The van der Waals surface area contributed by atoms with E-state index in [1.807, 2.05) is 43.3 Å². The highest BCUT2D eigenvalue weighted by molar-refractivity contribution is 6.10. The maximum absolute atomic E-state index is 12.6. The number of anilines is 2. The van der Waals surface area contributed by atoms with Crippen LogP contribution in [0.3, 0.4) is 0 Å². The topological polar surface area (TPSA) is 91.8 Å². The Balaban J connectivity index is 1.74. The number of benzene rings is 2. The molecule has 7 nitrogen and oxygen atoms in total. The maximum Gasteiger partial charge on any atom is 0.249 e. The van der Waals surface area contributed by atoms with Crippen molar-refractivity contribution in [2.45, 2.75) is 19.4 Å². The van der Waals surface area contributed by atoms with Crippen molar-refractivity contribution in [3.63, 3.8) is 0 Å². The summed E-state index contributed by atoms with van der Waals surface area (Å²) in [5, 5.41) is 8.44. The van der Waals surface area contributed by atoms with Crippen molar-refractivity contribution in [3.8, 4) is 5.75 Å². The first-order valence-electron chi connectivity index (χ1n) is 8.38. The van der Waals surface area contributed by atoms with Gasteiger partial charge in [0.15, 0.2) is 0 Å². The van der Waals surface area contributed by atoms with Crippen LogP contribution in [-0.2, 0) is 9.59 Å². The molecule has 1 aliphatic rings. The van der Waals surface area contributed by atoms with Crippen LogP contribution in [-0.4, -0.2) is 30.4 Å². The maximum atomic E-state index is 12.6. The van der Waals surface area contributed by atoms with E-state index in [4.69, 9.17) is 4.74 Å². The third-order valence-corrected chi connectivity index (χ3v) is 3.71. The molecule has 3 N–H and O–H groups in total. The number of ether oxygens (including phenoxy) is 1. The predicted octanol–water partition coefficient (Wildman–Crippen LogP) is 2.38. The molecular weight excluding hydrogens is 332 g/mol. The molecule has 0 aliphatic carbocycles. The van der Waals surface area contributed by atoms with E-state index in [0.29, 0.717) is 18.0 Å². The van der Waals surface area contributed by atoms with E-state index in [0.717, 1.165) is 5.69 Å². The van der Waals surface area contributed by atoms with E-state index in [2.05, 4.69) is 20.9 Å². The molecular formula is C19H20N4O3. The summed E-state index contributed by atoms with van der Waals surface area (Å²) in [6.45, 7) is 2.36. The minimum atomic E-state index is -0.815. The molecule has 0 saturated carbocycles. The zero-order valence-electron chi connectivity index (χ0n) is 14.4. The smallest absolute Gasteiger partial charge is 0.249 e. The lowest BCUT2D eigenvalue weighted by atomic mass is 10.1. The monoisotopic (exact) mass is 352 g/mol. The van der Waals surface area contributed by atoms with E-state index in [1.165, 1.54) is 0 Å². The summed E-state index contributed by atoms with van der Waals surface area (Å²) in [4.78, 5) is 28.9. The number of guanidine groups is 1. The molecule has 134 valence electrons. The Kier molecular flexibility index (Phi) is 5.48. The fourth-order valence-corrected chi connectivity index (χ4v) is 2.53. The number of amides is 2. The second kappa shape index (κ2) is 8.15. The van der Waals surface area contributed by atoms with Crippen molar-refractivity contribution in [2.75, 3.05) is 17.2 Å². The Hall–Kier alpha value is -3.35. The molecule has 2 aromatic carbocycles. The summed E-state index contributed by atoms with van der Waals surface area (Å²) in [6, 6.07) is 15.6. The Bertz CT molecular complexity index is 821. The molecule has 0 spiro atoms. The quantitative estimate of drug-likeness (QED) is 0.770. The molecule has 26 heavy (non-hydrogen) atoms. The van der Waals surface area contributed by atoms with E-state index in [9.17, 15) is 9.59 Å². The van der Waals surface area contributed by atoms with Crippen LogP contribution in [0.4, 0.5) is 11.4 Å². The number of hydrogen-bond acceptors (Lipinski definition) is 5. The summed E-state index contributed by atoms with van der Waals surface area (Å²) in [5.41, 5.74) is 1.33. The van der Waals surface area contributed by atoms with Gasteiger partial charge in [-0.3, -0.25) is 14.9 Å². The number of carbonyl (C=O) groups is 2. The standard InChI is InChI=1S/C19H20N4O3/c1-2-26-16-11-7-6-10-14(16)21-18(25)15-12-17(24)23-19(22-15)20-13-8-4-3-5-9-13/h3-11,15H,2,12H2,1H3,(H,21,25)(H2,20,22,23,24)/t15-/m1/s1. The number of nitrogens with zero attached hydrogens (tertiary/aromatic N) is 1. The van der Waals surface area contributed by atoms with Crippen LogP contribution in [0.2, 0.25) is 0 Å². The third-order valence-electron chi connectivity index (χ3n) is 3.71. The average molecular weight is 352 g/mol. The van der Waals surface area contributed by atoms with Gasteiger partial charge in [0, 0.05) is 5.69 Å². The molecule has 0 bridgehead atoms. The minimum absolute atomic E-state index is 0.0113. The molecule has 0 radical (unpaired) electrons. The van der Waals surface area contributed by atoms with Gasteiger partial charge in [-0.15, -0.1) is 0 Å². The highest BCUT2D eigenvalue weighted by Gasteiger charge is 2.27. The second-order valence-electron chi connectivity index (χ2n) is 5.66. The summed E-state index contributed by atoms with van der Waals surface area (Å²) < 4.78 is 5.50. The van der Waals surface area contributed by atoms with Crippen molar-refractivity contribution in [2.24, 2.45) is 4.99 Å². The third kappa shape index (κ3) is 4.38. The second-order valence-corrected chi connectivity index (χ2v) is 5.66. The number of carbonyl (C=O) groups excluding carboxylic acids is 2. The first-order chi connectivity index (χ1) is 12.7. The van der Waals surface area contributed by atoms with E-state index in [-0.39, 0.29) is 24.2 Å². The fourth-order valence-electron chi connectivity index (χ4n) is 2.53. The van der Waals surface area contributed by atoms with Crippen LogP contribution < -0.4 is 20.7 Å². The van der Waals surface area contributed by atoms with Crippen LogP contribution >= 0.6 is 0 Å². The van der Waals surface area contributed by atoms with Gasteiger partial charge in [0.2, 0.25) is 17.8 Å². The highest BCUT2D eigenvalue weighted by atomic mass is 16.5. The van der Waals surface area contributed by atoms with E-state index in [1.54, 1.807) is 18.2 Å². The molecule has 1 aliphatic heterocycles. The Labute approximate surface area is 151 Å². The van der Waals surface area contributed by atoms with Crippen LogP contribution in [0, 0.1) is 0 Å².